The Kier molecular flexibility index (Phi) is 7.29. The van der Waals surface area contributed by atoms with E-state index >= 15 is 0 Å². The van der Waals surface area contributed by atoms with Gasteiger partial charge in [-0.25, -0.2) is 0 Å². The van der Waals surface area contributed by atoms with Crippen LogP contribution in [0.15, 0.2) is 42.5 Å². The van der Waals surface area contributed by atoms with E-state index in [1.54, 1.807) is 14.0 Å². The fourth-order valence-corrected chi connectivity index (χ4v) is 2.67. The smallest absolute Gasteiger partial charge is 0.138 e. The Morgan fingerprint density at radius 3 is 2.46 bits per heavy atom. The van der Waals surface area contributed by atoms with Crippen molar-refractivity contribution in [1.29, 1.82) is 0 Å². The topological polar surface area (TPSA) is 35.5 Å². The van der Waals surface area contributed by atoms with E-state index in [2.05, 4.69) is 25.7 Å². The molecule has 0 amide bonds. The van der Waals surface area contributed by atoms with Gasteiger partial charge in [-0.05, 0) is 49.1 Å². The SMILES string of the molecule is CCCOc1ccc(C#Cc2ccc(C(C)CC(C)=O)cc2)c(OC)c1. The molecule has 3 heteroatoms. The quantitative estimate of drug-likeness (QED) is 0.662. The molecule has 0 aromatic heterocycles. The van der Waals surface area contributed by atoms with Crippen LogP contribution in [0.5, 0.6) is 11.5 Å². The Morgan fingerprint density at radius 2 is 1.85 bits per heavy atom. The van der Waals surface area contributed by atoms with Gasteiger partial charge in [-0.15, -0.1) is 0 Å². The van der Waals surface area contributed by atoms with Gasteiger partial charge in [-0.1, -0.05) is 37.8 Å². The van der Waals surface area contributed by atoms with Gasteiger partial charge >= 0.3 is 0 Å². The standard InChI is InChI=1S/C23H26O3/c1-5-14-26-22-13-12-21(23(16-22)25-4)11-8-19-6-9-20(10-7-19)17(2)15-18(3)24/h6-7,9-10,12-13,16-17H,5,14-15H2,1-4H3. The summed E-state index contributed by atoms with van der Waals surface area (Å²) in [7, 11) is 1.63. The van der Waals surface area contributed by atoms with Gasteiger partial charge in [0.15, 0.2) is 0 Å². The van der Waals surface area contributed by atoms with E-state index in [-0.39, 0.29) is 11.7 Å². The van der Waals surface area contributed by atoms with Crippen molar-refractivity contribution in [3.8, 4) is 23.3 Å². The first-order valence-corrected chi connectivity index (χ1v) is 8.95. The number of ether oxygens (including phenoxy) is 2. The molecule has 0 aliphatic rings. The third-order valence-corrected chi connectivity index (χ3v) is 4.06. The molecule has 1 atom stereocenters. The molecule has 2 aromatic rings. The molecule has 0 saturated carbocycles. The maximum Gasteiger partial charge on any atom is 0.138 e. The van der Waals surface area contributed by atoms with Crippen LogP contribution in [0.3, 0.4) is 0 Å². The highest BCUT2D eigenvalue weighted by atomic mass is 16.5. The lowest BCUT2D eigenvalue weighted by molar-refractivity contribution is -0.117. The molecule has 0 heterocycles. The van der Waals surface area contributed by atoms with Gasteiger partial charge < -0.3 is 14.3 Å². The maximum atomic E-state index is 11.3. The van der Waals surface area contributed by atoms with Crippen molar-refractivity contribution in [2.24, 2.45) is 0 Å². The molecule has 0 bridgehead atoms. The lowest BCUT2D eigenvalue weighted by atomic mass is 9.95. The highest BCUT2D eigenvalue weighted by molar-refractivity contribution is 5.76. The molecule has 136 valence electrons. The van der Waals surface area contributed by atoms with Crippen molar-refractivity contribution in [3.63, 3.8) is 0 Å². The summed E-state index contributed by atoms with van der Waals surface area (Å²) in [6.07, 6.45) is 1.53. The molecule has 0 saturated heterocycles. The van der Waals surface area contributed by atoms with Gasteiger partial charge in [-0.3, -0.25) is 0 Å². The summed E-state index contributed by atoms with van der Waals surface area (Å²) in [6.45, 7) is 6.45. The van der Waals surface area contributed by atoms with Crippen molar-refractivity contribution >= 4 is 5.78 Å². The molecule has 1 unspecified atom stereocenters. The fourth-order valence-electron chi connectivity index (χ4n) is 2.67. The molecule has 0 radical (unpaired) electrons. The number of Topliss-reactive ketones (excluding diaryl/α,β-unsaturated/α-hetero) is 1. The van der Waals surface area contributed by atoms with Crippen molar-refractivity contribution in [3.05, 3.63) is 59.2 Å². The van der Waals surface area contributed by atoms with Gasteiger partial charge in [0.05, 0.1) is 19.3 Å². The first-order valence-electron chi connectivity index (χ1n) is 8.95. The number of benzene rings is 2. The molecule has 0 aliphatic heterocycles. The summed E-state index contributed by atoms with van der Waals surface area (Å²) in [4.78, 5) is 11.3. The van der Waals surface area contributed by atoms with Crippen LogP contribution >= 0.6 is 0 Å². The molecule has 26 heavy (non-hydrogen) atoms. The molecule has 3 nitrogen and oxygen atoms in total. The number of methoxy groups -OCH3 is 1. The highest BCUT2D eigenvalue weighted by Crippen LogP contribution is 2.24. The summed E-state index contributed by atoms with van der Waals surface area (Å²) >= 11 is 0. The van der Waals surface area contributed by atoms with E-state index in [0.29, 0.717) is 18.8 Å². The van der Waals surface area contributed by atoms with Crippen LogP contribution in [-0.2, 0) is 4.79 Å². The molecule has 0 fully saturated rings. The summed E-state index contributed by atoms with van der Waals surface area (Å²) in [5.41, 5.74) is 2.91. The summed E-state index contributed by atoms with van der Waals surface area (Å²) in [5, 5.41) is 0. The van der Waals surface area contributed by atoms with Gasteiger partial charge in [0.2, 0.25) is 0 Å². The number of ketones is 1. The molecule has 0 aliphatic carbocycles. The van der Waals surface area contributed by atoms with Crippen LogP contribution in [0.1, 0.15) is 56.2 Å². The Balaban J connectivity index is 2.14. The zero-order chi connectivity index (χ0) is 18.9. The first-order chi connectivity index (χ1) is 12.5. The summed E-state index contributed by atoms with van der Waals surface area (Å²) < 4.78 is 11.1. The number of hydrogen-bond acceptors (Lipinski definition) is 3. The molecule has 2 aromatic carbocycles. The Morgan fingerprint density at radius 1 is 1.12 bits per heavy atom. The van der Waals surface area contributed by atoms with E-state index in [0.717, 1.165) is 28.9 Å². The number of carbonyl (C=O) groups is 1. The number of hydrogen-bond donors (Lipinski definition) is 0. The van der Waals surface area contributed by atoms with E-state index in [4.69, 9.17) is 9.47 Å². The van der Waals surface area contributed by atoms with Crippen molar-refractivity contribution in [2.45, 2.75) is 39.5 Å². The Bertz CT molecular complexity index is 794. The normalized spacial score (nSPS) is 11.2. The third-order valence-electron chi connectivity index (χ3n) is 4.06. The minimum Gasteiger partial charge on any atom is -0.495 e. The second-order valence-corrected chi connectivity index (χ2v) is 6.39. The van der Waals surface area contributed by atoms with Crippen LogP contribution in [0.2, 0.25) is 0 Å². The minimum atomic E-state index is 0.208. The largest absolute Gasteiger partial charge is 0.495 e. The monoisotopic (exact) mass is 350 g/mol. The van der Waals surface area contributed by atoms with Crippen LogP contribution in [0, 0.1) is 11.8 Å². The van der Waals surface area contributed by atoms with Gasteiger partial charge in [0.1, 0.15) is 17.3 Å². The van der Waals surface area contributed by atoms with Crippen molar-refractivity contribution < 1.29 is 14.3 Å². The second kappa shape index (κ2) is 9.68. The predicted octanol–water partition coefficient (Wildman–Crippen LogP) is 4.97. The van der Waals surface area contributed by atoms with Crippen molar-refractivity contribution in [2.75, 3.05) is 13.7 Å². The van der Waals surface area contributed by atoms with Crippen LogP contribution < -0.4 is 9.47 Å². The van der Waals surface area contributed by atoms with E-state index in [1.807, 2.05) is 42.5 Å². The zero-order valence-corrected chi connectivity index (χ0v) is 16.0. The maximum absolute atomic E-state index is 11.3. The first kappa shape index (κ1) is 19.6. The van der Waals surface area contributed by atoms with Crippen molar-refractivity contribution in [1.82, 2.24) is 0 Å². The Hall–Kier alpha value is -2.73. The summed E-state index contributed by atoms with van der Waals surface area (Å²) in [6, 6.07) is 13.8. The summed E-state index contributed by atoms with van der Waals surface area (Å²) in [5.74, 6) is 8.26. The lowest BCUT2D eigenvalue weighted by Crippen LogP contribution is -2.00. The second-order valence-electron chi connectivity index (χ2n) is 6.39. The van der Waals surface area contributed by atoms with Crippen LogP contribution in [0.25, 0.3) is 0 Å². The highest BCUT2D eigenvalue weighted by Gasteiger charge is 2.08. The number of carbonyl (C=O) groups excluding carboxylic acids is 1. The van der Waals surface area contributed by atoms with Gasteiger partial charge in [0.25, 0.3) is 0 Å². The third kappa shape index (κ3) is 5.67. The number of rotatable bonds is 7. The van der Waals surface area contributed by atoms with Crippen LogP contribution in [-0.4, -0.2) is 19.5 Å². The molecular formula is C23H26O3. The lowest BCUT2D eigenvalue weighted by Gasteiger charge is -2.09. The predicted molar refractivity (Wildman–Crippen MR) is 105 cm³/mol. The molecular weight excluding hydrogens is 324 g/mol. The molecule has 2 rings (SSSR count). The van der Waals surface area contributed by atoms with E-state index in [1.165, 1.54) is 0 Å². The zero-order valence-electron chi connectivity index (χ0n) is 16.0. The molecule has 0 N–H and O–H groups in total. The molecule has 0 spiro atoms. The average Bonchev–Trinajstić information content (AvgIpc) is 2.64. The van der Waals surface area contributed by atoms with E-state index < -0.39 is 0 Å². The average molecular weight is 350 g/mol. The van der Waals surface area contributed by atoms with Gasteiger partial charge in [-0.2, -0.15) is 0 Å². The van der Waals surface area contributed by atoms with E-state index in [9.17, 15) is 4.79 Å². The fraction of sp³-hybridized carbons (Fsp3) is 0.348. The van der Waals surface area contributed by atoms with Gasteiger partial charge in [0, 0.05) is 18.1 Å². The van der Waals surface area contributed by atoms with Crippen LogP contribution in [0.4, 0.5) is 0 Å². The Labute approximate surface area is 156 Å². The minimum absolute atomic E-state index is 0.208.